The summed E-state index contributed by atoms with van der Waals surface area (Å²) in [5.41, 5.74) is 2.32. The van der Waals surface area contributed by atoms with E-state index in [1.807, 2.05) is 37.3 Å². The van der Waals surface area contributed by atoms with Crippen molar-refractivity contribution in [1.29, 1.82) is 0 Å². The van der Waals surface area contributed by atoms with Gasteiger partial charge < -0.3 is 14.8 Å². The minimum Gasteiger partial charge on any atom is -0.493 e. The fourth-order valence-electron chi connectivity index (χ4n) is 2.11. The Bertz CT molecular complexity index is 573. The minimum absolute atomic E-state index is 0.557. The predicted octanol–water partition coefficient (Wildman–Crippen LogP) is 4.04. The Labute approximate surface area is 130 Å². The van der Waals surface area contributed by atoms with E-state index in [0.29, 0.717) is 23.1 Å². The minimum atomic E-state index is 0.557. The molecule has 0 unspecified atom stereocenters. The summed E-state index contributed by atoms with van der Waals surface area (Å²) in [6.07, 6.45) is 0. The topological polar surface area (TPSA) is 30.5 Å². The van der Waals surface area contributed by atoms with Gasteiger partial charge in [0.05, 0.1) is 18.7 Å². The van der Waals surface area contributed by atoms with Gasteiger partial charge in [0, 0.05) is 13.1 Å². The van der Waals surface area contributed by atoms with Gasteiger partial charge in [-0.2, -0.15) is 0 Å². The van der Waals surface area contributed by atoms with E-state index in [4.69, 9.17) is 21.1 Å². The average Bonchev–Trinajstić information content (AvgIpc) is 2.51. The van der Waals surface area contributed by atoms with E-state index >= 15 is 0 Å². The van der Waals surface area contributed by atoms with E-state index < -0.39 is 0 Å². The van der Waals surface area contributed by atoms with E-state index in [9.17, 15) is 0 Å². The molecule has 2 rings (SSSR count). The van der Waals surface area contributed by atoms with Crippen LogP contribution in [0.1, 0.15) is 18.1 Å². The SMILES string of the molecule is CCOc1c(Cl)cc(CNCc2ccccc2)cc1OC. The van der Waals surface area contributed by atoms with Crippen molar-refractivity contribution in [3.8, 4) is 11.5 Å². The van der Waals surface area contributed by atoms with Gasteiger partial charge >= 0.3 is 0 Å². The smallest absolute Gasteiger partial charge is 0.179 e. The van der Waals surface area contributed by atoms with Gasteiger partial charge in [-0.05, 0) is 30.2 Å². The molecular weight excluding hydrogens is 286 g/mol. The van der Waals surface area contributed by atoms with Crippen molar-refractivity contribution in [3.63, 3.8) is 0 Å². The zero-order valence-electron chi connectivity index (χ0n) is 12.4. The molecule has 3 nitrogen and oxygen atoms in total. The number of halogens is 1. The predicted molar refractivity (Wildman–Crippen MR) is 86.2 cm³/mol. The monoisotopic (exact) mass is 305 g/mol. The van der Waals surface area contributed by atoms with Gasteiger partial charge in [-0.1, -0.05) is 41.9 Å². The lowest BCUT2D eigenvalue weighted by Gasteiger charge is -2.13. The molecule has 0 saturated heterocycles. The van der Waals surface area contributed by atoms with Crippen molar-refractivity contribution in [1.82, 2.24) is 5.32 Å². The van der Waals surface area contributed by atoms with Gasteiger partial charge in [0.15, 0.2) is 11.5 Å². The Morgan fingerprint density at radius 2 is 1.76 bits per heavy atom. The third-order valence-corrected chi connectivity index (χ3v) is 3.36. The molecule has 0 aromatic heterocycles. The zero-order chi connectivity index (χ0) is 15.1. The van der Waals surface area contributed by atoms with Crippen LogP contribution in [0.4, 0.5) is 0 Å². The van der Waals surface area contributed by atoms with Crippen LogP contribution in [-0.4, -0.2) is 13.7 Å². The van der Waals surface area contributed by atoms with Crippen LogP contribution in [-0.2, 0) is 13.1 Å². The van der Waals surface area contributed by atoms with E-state index in [2.05, 4.69) is 17.4 Å². The normalized spacial score (nSPS) is 10.4. The lowest BCUT2D eigenvalue weighted by Crippen LogP contribution is -2.12. The number of ether oxygens (including phenoxy) is 2. The fraction of sp³-hybridized carbons (Fsp3) is 0.294. The third kappa shape index (κ3) is 4.38. The number of rotatable bonds is 7. The fourth-order valence-corrected chi connectivity index (χ4v) is 2.39. The molecule has 112 valence electrons. The maximum atomic E-state index is 6.26. The molecule has 0 heterocycles. The number of nitrogens with one attached hydrogen (secondary N) is 1. The summed E-state index contributed by atoms with van der Waals surface area (Å²) in [7, 11) is 1.62. The second-order valence-electron chi connectivity index (χ2n) is 4.63. The highest BCUT2D eigenvalue weighted by molar-refractivity contribution is 6.32. The molecule has 0 aliphatic rings. The molecule has 2 aromatic rings. The highest BCUT2D eigenvalue weighted by atomic mass is 35.5. The molecule has 0 aliphatic heterocycles. The van der Waals surface area contributed by atoms with Gasteiger partial charge in [-0.15, -0.1) is 0 Å². The number of methoxy groups -OCH3 is 1. The molecule has 0 bridgehead atoms. The Balaban J connectivity index is 2.02. The Kier molecular flexibility index (Phi) is 5.90. The van der Waals surface area contributed by atoms with E-state index in [1.54, 1.807) is 7.11 Å². The Hall–Kier alpha value is -1.71. The van der Waals surface area contributed by atoms with Crippen molar-refractivity contribution in [2.24, 2.45) is 0 Å². The molecule has 0 aliphatic carbocycles. The first-order chi connectivity index (χ1) is 10.2. The van der Waals surface area contributed by atoms with Crippen LogP contribution in [0.15, 0.2) is 42.5 Å². The third-order valence-electron chi connectivity index (χ3n) is 3.08. The van der Waals surface area contributed by atoms with Crippen LogP contribution in [0, 0.1) is 0 Å². The van der Waals surface area contributed by atoms with Gasteiger partial charge in [0.25, 0.3) is 0 Å². The number of benzene rings is 2. The maximum Gasteiger partial charge on any atom is 0.179 e. The highest BCUT2D eigenvalue weighted by Gasteiger charge is 2.11. The molecule has 0 fully saturated rings. The van der Waals surface area contributed by atoms with Crippen molar-refractivity contribution in [2.75, 3.05) is 13.7 Å². The van der Waals surface area contributed by atoms with Crippen LogP contribution in [0.5, 0.6) is 11.5 Å². The Morgan fingerprint density at radius 1 is 1.05 bits per heavy atom. The molecule has 0 radical (unpaired) electrons. The first-order valence-electron chi connectivity index (χ1n) is 6.98. The first-order valence-corrected chi connectivity index (χ1v) is 7.36. The second kappa shape index (κ2) is 7.91. The Morgan fingerprint density at radius 3 is 2.43 bits per heavy atom. The van der Waals surface area contributed by atoms with Crippen LogP contribution in [0.25, 0.3) is 0 Å². The molecule has 0 atom stereocenters. The van der Waals surface area contributed by atoms with E-state index in [-0.39, 0.29) is 0 Å². The summed E-state index contributed by atoms with van der Waals surface area (Å²) in [5.74, 6) is 1.27. The number of hydrogen-bond donors (Lipinski definition) is 1. The summed E-state index contributed by atoms with van der Waals surface area (Å²) >= 11 is 6.26. The highest BCUT2D eigenvalue weighted by Crippen LogP contribution is 2.36. The summed E-state index contributed by atoms with van der Waals surface area (Å²) in [6.45, 7) is 4.01. The van der Waals surface area contributed by atoms with E-state index in [0.717, 1.165) is 18.7 Å². The van der Waals surface area contributed by atoms with Crippen molar-refractivity contribution in [3.05, 3.63) is 58.6 Å². The summed E-state index contributed by atoms with van der Waals surface area (Å²) in [4.78, 5) is 0. The number of hydrogen-bond acceptors (Lipinski definition) is 3. The molecular formula is C17H20ClNO2. The molecule has 0 spiro atoms. The quantitative estimate of drug-likeness (QED) is 0.837. The van der Waals surface area contributed by atoms with Crippen LogP contribution < -0.4 is 14.8 Å². The lowest BCUT2D eigenvalue weighted by molar-refractivity contribution is 0.311. The van der Waals surface area contributed by atoms with Gasteiger partial charge in [0.2, 0.25) is 0 Å². The average molecular weight is 306 g/mol. The largest absolute Gasteiger partial charge is 0.493 e. The van der Waals surface area contributed by atoms with Gasteiger partial charge in [-0.3, -0.25) is 0 Å². The molecule has 1 N–H and O–H groups in total. The standard InChI is InChI=1S/C17H20ClNO2/c1-3-21-17-15(18)9-14(10-16(17)20-2)12-19-11-13-7-5-4-6-8-13/h4-10,19H,3,11-12H2,1-2H3. The zero-order valence-corrected chi connectivity index (χ0v) is 13.1. The molecule has 21 heavy (non-hydrogen) atoms. The van der Waals surface area contributed by atoms with Crippen molar-refractivity contribution >= 4 is 11.6 Å². The van der Waals surface area contributed by atoms with E-state index in [1.165, 1.54) is 5.56 Å². The second-order valence-corrected chi connectivity index (χ2v) is 5.04. The van der Waals surface area contributed by atoms with Gasteiger partial charge in [-0.25, -0.2) is 0 Å². The lowest BCUT2D eigenvalue weighted by atomic mass is 10.2. The first kappa shape index (κ1) is 15.7. The molecule has 0 saturated carbocycles. The maximum absolute atomic E-state index is 6.26. The van der Waals surface area contributed by atoms with Crippen LogP contribution >= 0.6 is 11.6 Å². The molecule has 4 heteroatoms. The van der Waals surface area contributed by atoms with Crippen molar-refractivity contribution in [2.45, 2.75) is 20.0 Å². The van der Waals surface area contributed by atoms with Crippen molar-refractivity contribution < 1.29 is 9.47 Å². The molecule has 0 amide bonds. The van der Waals surface area contributed by atoms with Gasteiger partial charge in [0.1, 0.15) is 0 Å². The summed E-state index contributed by atoms with van der Waals surface area (Å²) < 4.78 is 10.9. The summed E-state index contributed by atoms with van der Waals surface area (Å²) in [5, 5.41) is 3.97. The summed E-state index contributed by atoms with van der Waals surface area (Å²) in [6, 6.07) is 14.1. The van der Waals surface area contributed by atoms with Crippen LogP contribution in [0.2, 0.25) is 5.02 Å². The van der Waals surface area contributed by atoms with Crippen LogP contribution in [0.3, 0.4) is 0 Å². The molecule has 2 aromatic carbocycles.